The van der Waals surface area contributed by atoms with Gasteiger partial charge in [0, 0.05) is 6.04 Å². The van der Waals surface area contributed by atoms with E-state index in [1.165, 1.54) is 37.7 Å². The molecular formula is C16H27N. The molecule has 0 saturated carbocycles. The molecule has 0 heterocycles. The summed E-state index contributed by atoms with van der Waals surface area (Å²) in [5.41, 5.74) is 1.46. The summed E-state index contributed by atoms with van der Waals surface area (Å²) in [6, 6.07) is 11.5. The van der Waals surface area contributed by atoms with Gasteiger partial charge in [0.15, 0.2) is 0 Å². The van der Waals surface area contributed by atoms with Crippen molar-refractivity contribution in [3.8, 4) is 0 Å². The van der Waals surface area contributed by atoms with Crippen LogP contribution in [0.2, 0.25) is 0 Å². The Hall–Kier alpha value is -0.820. The molecule has 0 aliphatic rings. The van der Waals surface area contributed by atoms with Crippen molar-refractivity contribution in [1.82, 2.24) is 5.32 Å². The van der Waals surface area contributed by atoms with Gasteiger partial charge in [-0.25, -0.2) is 0 Å². The Bertz CT molecular complexity index is 279. The molecule has 0 fully saturated rings. The lowest BCUT2D eigenvalue weighted by atomic mass is 9.98. The Labute approximate surface area is 107 Å². The Morgan fingerprint density at radius 1 is 1.00 bits per heavy atom. The fourth-order valence-electron chi connectivity index (χ4n) is 2.16. The molecule has 0 bridgehead atoms. The van der Waals surface area contributed by atoms with Crippen molar-refractivity contribution in [3.05, 3.63) is 35.9 Å². The van der Waals surface area contributed by atoms with Crippen LogP contribution in [0.5, 0.6) is 0 Å². The second-order valence-electron chi connectivity index (χ2n) is 5.33. The molecule has 1 unspecified atom stereocenters. The molecule has 1 atom stereocenters. The highest BCUT2D eigenvalue weighted by atomic mass is 14.9. The second kappa shape index (κ2) is 8.30. The maximum atomic E-state index is 3.44. The highest BCUT2D eigenvalue weighted by Crippen LogP contribution is 2.12. The third-order valence-electron chi connectivity index (χ3n) is 3.36. The average Bonchev–Trinajstić information content (AvgIpc) is 2.34. The zero-order chi connectivity index (χ0) is 12.5. The van der Waals surface area contributed by atoms with Crippen molar-refractivity contribution in [2.24, 2.45) is 5.92 Å². The van der Waals surface area contributed by atoms with Crippen molar-refractivity contribution in [2.75, 3.05) is 7.05 Å². The largest absolute Gasteiger partial charge is 0.317 e. The first-order valence-electron chi connectivity index (χ1n) is 6.93. The minimum absolute atomic E-state index is 0.695. The van der Waals surface area contributed by atoms with E-state index in [2.05, 4.69) is 56.5 Å². The fourth-order valence-corrected chi connectivity index (χ4v) is 2.16. The Balaban J connectivity index is 2.19. The summed E-state index contributed by atoms with van der Waals surface area (Å²) >= 11 is 0. The normalized spacial score (nSPS) is 12.9. The third kappa shape index (κ3) is 6.48. The van der Waals surface area contributed by atoms with Crippen LogP contribution < -0.4 is 5.32 Å². The van der Waals surface area contributed by atoms with Gasteiger partial charge in [-0.2, -0.15) is 0 Å². The van der Waals surface area contributed by atoms with Crippen molar-refractivity contribution >= 4 is 0 Å². The summed E-state index contributed by atoms with van der Waals surface area (Å²) in [6.07, 6.45) is 6.42. The summed E-state index contributed by atoms with van der Waals surface area (Å²) in [5.74, 6) is 0.819. The average molecular weight is 233 g/mol. The highest BCUT2D eigenvalue weighted by molar-refractivity contribution is 5.14. The van der Waals surface area contributed by atoms with Gasteiger partial charge < -0.3 is 5.32 Å². The molecule has 0 amide bonds. The van der Waals surface area contributed by atoms with Crippen molar-refractivity contribution in [3.63, 3.8) is 0 Å². The number of aryl methyl sites for hydroxylation is 1. The lowest BCUT2D eigenvalue weighted by molar-refractivity contribution is 0.424. The number of hydrogen-bond donors (Lipinski definition) is 1. The minimum atomic E-state index is 0.695. The maximum Gasteiger partial charge on any atom is 0.00642 e. The fraction of sp³-hybridized carbons (Fsp3) is 0.625. The minimum Gasteiger partial charge on any atom is -0.317 e. The first-order valence-corrected chi connectivity index (χ1v) is 6.93. The summed E-state index contributed by atoms with van der Waals surface area (Å²) in [6.45, 7) is 4.60. The van der Waals surface area contributed by atoms with Crippen LogP contribution in [0.4, 0.5) is 0 Å². The van der Waals surface area contributed by atoms with Gasteiger partial charge in [0.2, 0.25) is 0 Å². The molecule has 0 spiro atoms. The van der Waals surface area contributed by atoms with Crippen molar-refractivity contribution in [2.45, 2.75) is 52.0 Å². The van der Waals surface area contributed by atoms with E-state index in [9.17, 15) is 0 Å². The predicted molar refractivity (Wildman–Crippen MR) is 76.3 cm³/mol. The Kier molecular flexibility index (Phi) is 6.95. The van der Waals surface area contributed by atoms with Crippen LogP contribution in [0, 0.1) is 5.92 Å². The molecule has 0 radical (unpaired) electrons. The molecule has 96 valence electrons. The molecule has 1 heteroatoms. The zero-order valence-corrected chi connectivity index (χ0v) is 11.6. The smallest absolute Gasteiger partial charge is 0.00642 e. The number of rotatable bonds is 8. The molecular weight excluding hydrogens is 206 g/mol. The van der Waals surface area contributed by atoms with Crippen LogP contribution in [0.15, 0.2) is 30.3 Å². The van der Waals surface area contributed by atoms with Crippen LogP contribution in [0.3, 0.4) is 0 Å². The lowest BCUT2D eigenvalue weighted by Crippen LogP contribution is -2.25. The molecule has 1 aromatic rings. The predicted octanol–water partition coefficient (Wildman–Crippen LogP) is 4.03. The van der Waals surface area contributed by atoms with Gasteiger partial charge in [-0.1, -0.05) is 44.2 Å². The molecule has 0 aliphatic carbocycles. The molecule has 1 aromatic carbocycles. The van der Waals surface area contributed by atoms with Crippen LogP contribution in [-0.2, 0) is 6.42 Å². The summed E-state index contributed by atoms with van der Waals surface area (Å²) in [7, 11) is 2.09. The number of hydrogen-bond acceptors (Lipinski definition) is 1. The summed E-state index contributed by atoms with van der Waals surface area (Å²) in [5, 5.41) is 3.44. The standard InChI is InChI=1S/C16H27N/c1-14(2)12-13-16(17-3)11-7-10-15-8-5-4-6-9-15/h4-6,8-9,14,16-17H,7,10-13H2,1-3H3. The van der Waals surface area contributed by atoms with E-state index in [1.807, 2.05) is 0 Å². The van der Waals surface area contributed by atoms with E-state index >= 15 is 0 Å². The van der Waals surface area contributed by atoms with E-state index in [0.717, 1.165) is 5.92 Å². The first kappa shape index (κ1) is 14.2. The summed E-state index contributed by atoms with van der Waals surface area (Å²) < 4.78 is 0. The summed E-state index contributed by atoms with van der Waals surface area (Å²) in [4.78, 5) is 0. The quantitative estimate of drug-likeness (QED) is 0.714. The van der Waals surface area contributed by atoms with Gasteiger partial charge >= 0.3 is 0 Å². The molecule has 17 heavy (non-hydrogen) atoms. The van der Waals surface area contributed by atoms with E-state index in [0.29, 0.717) is 6.04 Å². The molecule has 1 rings (SSSR count). The SMILES string of the molecule is CNC(CCCc1ccccc1)CCC(C)C. The molecule has 1 N–H and O–H groups in total. The van der Waals surface area contributed by atoms with E-state index in [4.69, 9.17) is 0 Å². The van der Waals surface area contributed by atoms with Gasteiger partial charge in [0.1, 0.15) is 0 Å². The van der Waals surface area contributed by atoms with E-state index < -0.39 is 0 Å². The monoisotopic (exact) mass is 233 g/mol. The van der Waals surface area contributed by atoms with Crippen LogP contribution in [-0.4, -0.2) is 13.1 Å². The lowest BCUT2D eigenvalue weighted by Gasteiger charge is -2.17. The van der Waals surface area contributed by atoms with Crippen LogP contribution in [0.25, 0.3) is 0 Å². The van der Waals surface area contributed by atoms with Crippen LogP contribution >= 0.6 is 0 Å². The van der Waals surface area contributed by atoms with Crippen molar-refractivity contribution in [1.29, 1.82) is 0 Å². The van der Waals surface area contributed by atoms with E-state index in [-0.39, 0.29) is 0 Å². The molecule has 0 aliphatic heterocycles. The van der Waals surface area contributed by atoms with Gasteiger partial charge in [0.05, 0.1) is 0 Å². The molecule has 1 nitrogen and oxygen atoms in total. The number of benzene rings is 1. The first-order chi connectivity index (χ1) is 8.22. The third-order valence-corrected chi connectivity index (χ3v) is 3.36. The maximum absolute atomic E-state index is 3.44. The zero-order valence-electron chi connectivity index (χ0n) is 11.6. The van der Waals surface area contributed by atoms with Gasteiger partial charge in [-0.05, 0) is 50.6 Å². The van der Waals surface area contributed by atoms with Gasteiger partial charge in [0.25, 0.3) is 0 Å². The Morgan fingerprint density at radius 3 is 2.29 bits per heavy atom. The highest BCUT2D eigenvalue weighted by Gasteiger charge is 2.06. The van der Waals surface area contributed by atoms with Gasteiger partial charge in [-0.3, -0.25) is 0 Å². The number of nitrogens with one attached hydrogen (secondary N) is 1. The Morgan fingerprint density at radius 2 is 1.71 bits per heavy atom. The topological polar surface area (TPSA) is 12.0 Å². The molecule has 0 saturated heterocycles. The molecule has 0 aromatic heterocycles. The van der Waals surface area contributed by atoms with E-state index in [1.54, 1.807) is 0 Å². The second-order valence-corrected chi connectivity index (χ2v) is 5.33. The van der Waals surface area contributed by atoms with Crippen LogP contribution in [0.1, 0.15) is 45.1 Å². The van der Waals surface area contributed by atoms with Gasteiger partial charge in [-0.15, -0.1) is 0 Å². The van der Waals surface area contributed by atoms with Crippen molar-refractivity contribution < 1.29 is 0 Å².